The van der Waals surface area contributed by atoms with E-state index in [1.165, 1.54) is 44.9 Å². The van der Waals surface area contributed by atoms with Crippen molar-refractivity contribution in [1.29, 1.82) is 0 Å². The summed E-state index contributed by atoms with van der Waals surface area (Å²) in [7, 11) is 4.03. The molecule has 0 aromatic carbocycles. The van der Waals surface area contributed by atoms with Crippen LogP contribution in [-0.2, 0) is 85.8 Å². The van der Waals surface area contributed by atoms with Crippen LogP contribution in [0.25, 0.3) is 0 Å². The molecule has 0 aliphatic rings. The molecule has 0 aromatic heterocycles. The molecule has 0 saturated heterocycles. The van der Waals surface area contributed by atoms with Crippen molar-refractivity contribution in [2.75, 3.05) is 120 Å². The number of carboxylic acids is 1. The number of unbranched alkanes of at least 4 members (excludes halogenated alkanes) is 13. The Morgan fingerprint density at radius 1 is 0.375 bits per heavy atom. The van der Waals surface area contributed by atoms with E-state index in [1.54, 1.807) is 41.5 Å². The number of quaternary nitrogens is 1. The number of carbonyl (C=O) groups is 9. The second kappa shape index (κ2) is 49.9. The van der Waals surface area contributed by atoms with Crippen LogP contribution in [0.2, 0.25) is 0 Å². The molecule has 24 heteroatoms. The van der Waals surface area contributed by atoms with E-state index < -0.39 is 52.7 Å². The molecule has 0 aliphatic carbocycles. The van der Waals surface area contributed by atoms with Gasteiger partial charge in [-0.3, -0.25) is 33.6 Å². The Hall–Kier alpha value is -4.85. The van der Waals surface area contributed by atoms with Crippen LogP contribution in [-0.4, -0.2) is 211 Å². The smallest absolute Gasteiger partial charge is 0.329 e. The number of carbonyl (C=O) groups excluding carboxylic acids is 8. The molecule has 0 bridgehead atoms. The Kier molecular flexibility index (Phi) is 47.1. The first-order valence-corrected chi connectivity index (χ1v) is 32.3. The fourth-order valence-electron chi connectivity index (χ4n) is 8.43. The number of carboxylic acid groups (broad SMARTS) is 1. The van der Waals surface area contributed by atoms with Crippen LogP contribution >= 0.6 is 0 Å². The van der Waals surface area contributed by atoms with Crippen molar-refractivity contribution in [3.8, 4) is 0 Å². The largest absolute Gasteiger partial charge is 0.481 e. The topological polar surface area (TPSA) is 305 Å². The second-order valence-corrected chi connectivity index (χ2v) is 25.8. The Balaban J connectivity index is 3.99. The standard InChI is InChI=1S/C64H117N5O19/c1-62(2,3)86-59(77)29-25-23-21-19-17-15-13-12-14-16-18-20-22-24-28-55(72)67-52(60(78)87-63(4,5)6)30-32-54(71)66-36-41-82-46-47-84-49-51(70)27-26-39-80-45-48-85-50-57(74)65-35-37-69(10,11)38-42-83-44-43-81-40-34-56(73)68-53(31-33-58(75)76)61(79)88-64(7,8)9/h52-53H,12-50H2,1-11H3,(H4-,65,66,67,68,71,72,73,74,75,76)/p+1/t52-,53-/m0/s1. The van der Waals surface area contributed by atoms with Crippen molar-refractivity contribution in [3.63, 3.8) is 0 Å². The summed E-state index contributed by atoms with van der Waals surface area (Å²) in [6.07, 6.45) is 16.8. The zero-order chi connectivity index (χ0) is 66.1. The van der Waals surface area contributed by atoms with Crippen LogP contribution in [0, 0.1) is 0 Å². The van der Waals surface area contributed by atoms with E-state index in [1.807, 2.05) is 34.9 Å². The Morgan fingerprint density at radius 2 is 0.795 bits per heavy atom. The number of hydrogen-bond donors (Lipinski definition) is 5. The first-order chi connectivity index (χ1) is 41.5. The number of ether oxygens (including phenoxy) is 9. The average molecular weight is 1260 g/mol. The fourth-order valence-corrected chi connectivity index (χ4v) is 8.43. The minimum absolute atomic E-state index is 0.00676. The van der Waals surface area contributed by atoms with Crippen molar-refractivity contribution in [2.24, 2.45) is 0 Å². The number of esters is 3. The van der Waals surface area contributed by atoms with Gasteiger partial charge in [-0.15, -0.1) is 0 Å². The lowest BCUT2D eigenvalue weighted by Gasteiger charge is -2.29. The first kappa shape index (κ1) is 83.2. The molecule has 0 aromatic rings. The molecule has 0 unspecified atom stereocenters. The van der Waals surface area contributed by atoms with Crippen LogP contribution in [0.3, 0.4) is 0 Å². The highest BCUT2D eigenvalue weighted by atomic mass is 16.6. The molecule has 24 nitrogen and oxygen atoms in total. The quantitative estimate of drug-likeness (QED) is 0.0177. The Labute approximate surface area is 526 Å². The third-order valence-electron chi connectivity index (χ3n) is 13.1. The predicted octanol–water partition coefficient (Wildman–Crippen LogP) is 7.02. The SMILES string of the molecule is CC(C)(C)OC(=O)CCCCCCCCCCCCCCCCC(=O)N[C@@H](CCC(=O)NCCOCCOCC(=O)CCCOCCOCC(=O)NCC[N+](C)(C)CCOCCOCCC(=O)N[C@@H](CCC(=O)O)C(=O)OC(C)(C)C)C(=O)OC(C)(C)C. The first-order valence-electron chi connectivity index (χ1n) is 32.3. The average Bonchev–Trinajstić information content (AvgIpc) is 3.45. The number of likely N-dealkylation sites (N-methyl/N-ethyl adjacent to an activating group) is 1. The van der Waals surface area contributed by atoms with E-state index >= 15 is 0 Å². The zero-order valence-electron chi connectivity index (χ0n) is 56.0. The van der Waals surface area contributed by atoms with Gasteiger partial charge in [0.2, 0.25) is 23.6 Å². The van der Waals surface area contributed by atoms with Gasteiger partial charge in [0.25, 0.3) is 0 Å². The molecule has 0 fully saturated rings. The maximum atomic E-state index is 13.0. The van der Waals surface area contributed by atoms with Gasteiger partial charge >= 0.3 is 23.9 Å². The molecular weight excluding hydrogens is 1140 g/mol. The summed E-state index contributed by atoms with van der Waals surface area (Å²) in [6.45, 7) is 20.4. The number of amides is 4. The van der Waals surface area contributed by atoms with Crippen molar-refractivity contribution < 1.29 is 95.4 Å². The molecular formula is C64H118N5O19+. The monoisotopic (exact) mass is 1260 g/mol. The highest BCUT2D eigenvalue weighted by molar-refractivity contribution is 5.86. The highest BCUT2D eigenvalue weighted by Gasteiger charge is 2.29. The van der Waals surface area contributed by atoms with Crippen molar-refractivity contribution in [3.05, 3.63) is 0 Å². The number of aliphatic carboxylic acids is 1. The molecule has 0 aliphatic heterocycles. The summed E-state index contributed by atoms with van der Waals surface area (Å²) in [5.74, 6) is -3.78. The molecule has 88 heavy (non-hydrogen) atoms. The van der Waals surface area contributed by atoms with Gasteiger partial charge in [0.1, 0.15) is 48.6 Å². The van der Waals surface area contributed by atoms with Gasteiger partial charge in [0.05, 0.1) is 86.6 Å². The van der Waals surface area contributed by atoms with Gasteiger partial charge in [-0.25, -0.2) is 9.59 Å². The summed E-state index contributed by atoms with van der Waals surface area (Å²) in [5.41, 5.74) is -1.96. The molecule has 0 radical (unpaired) electrons. The number of nitrogens with one attached hydrogen (secondary N) is 4. The summed E-state index contributed by atoms with van der Waals surface area (Å²) in [5, 5.41) is 19.9. The summed E-state index contributed by atoms with van der Waals surface area (Å²) < 4.78 is 49.9. The zero-order valence-corrected chi connectivity index (χ0v) is 56.0. The minimum Gasteiger partial charge on any atom is -0.481 e. The second-order valence-electron chi connectivity index (χ2n) is 25.8. The molecule has 2 atom stereocenters. The number of ketones is 1. The van der Waals surface area contributed by atoms with Gasteiger partial charge in [-0.05, 0) is 94.4 Å². The maximum Gasteiger partial charge on any atom is 0.329 e. The van der Waals surface area contributed by atoms with Crippen LogP contribution in [0.5, 0.6) is 0 Å². The van der Waals surface area contributed by atoms with E-state index in [-0.39, 0.29) is 134 Å². The van der Waals surface area contributed by atoms with Crippen molar-refractivity contribution in [2.45, 2.75) is 239 Å². The van der Waals surface area contributed by atoms with E-state index in [0.717, 1.165) is 44.9 Å². The molecule has 4 amide bonds. The van der Waals surface area contributed by atoms with Crippen LogP contribution in [0.1, 0.15) is 210 Å². The van der Waals surface area contributed by atoms with Crippen molar-refractivity contribution in [1.82, 2.24) is 21.3 Å². The minimum atomic E-state index is -1.09. The summed E-state index contributed by atoms with van der Waals surface area (Å²) in [6, 6.07) is -2.02. The molecule has 0 rings (SSSR count). The highest BCUT2D eigenvalue weighted by Crippen LogP contribution is 2.17. The number of rotatable bonds is 56. The van der Waals surface area contributed by atoms with Crippen LogP contribution in [0.15, 0.2) is 0 Å². The number of hydrogen-bond acceptors (Lipinski definition) is 18. The van der Waals surface area contributed by atoms with Crippen LogP contribution in [0.4, 0.5) is 0 Å². The predicted molar refractivity (Wildman–Crippen MR) is 333 cm³/mol. The van der Waals surface area contributed by atoms with Gasteiger partial charge in [-0.1, -0.05) is 77.0 Å². The fraction of sp³-hybridized carbons (Fsp3) is 0.859. The lowest BCUT2D eigenvalue weighted by molar-refractivity contribution is -0.889. The Bertz CT molecular complexity index is 1950. The molecule has 5 N–H and O–H groups in total. The lowest BCUT2D eigenvalue weighted by atomic mass is 10.0. The lowest BCUT2D eigenvalue weighted by Crippen LogP contribution is -2.47. The van der Waals surface area contributed by atoms with E-state index in [0.29, 0.717) is 63.2 Å². The summed E-state index contributed by atoms with van der Waals surface area (Å²) >= 11 is 0. The van der Waals surface area contributed by atoms with Gasteiger partial charge < -0.3 is 73.5 Å². The number of Topliss-reactive ketones (excluding diaryl/α,β-unsaturated/α-hetero) is 1. The van der Waals surface area contributed by atoms with Crippen molar-refractivity contribution >= 4 is 53.3 Å². The normalized spacial score (nSPS) is 12.6. The van der Waals surface area contributed by atoms with Gasteiger partial charge in [0.15, 0.2) is 5.78 Å². The van der Waals surface area contributed by atoms with E-state index in [4.69, 9.17) is 47.7 Å². The molecule has 0 spiro atoms. The number of nitrogens with zero attached hydrogens (tertiary/aromatic N) is 1. The molecule has 0 saturated carbocycles. The molecule has 512 valence electrons. The van der Waals surface area contributed by atoms with E-state index in [9.17, 15) is 43.2 Å². The summed E-state index contributed by atoms with van der Waals surface area (Å²) in [4.78, 5) is 111. The Morgan fingerprint density at radius 3 is 1.31 bits per heavy atom. The third-order valence-corrected chi connectivity index (χ3v) is 13.1. The van der Waals surface area contributed by atoms with Gasteiger partial charge in [-0.2, -0.15) is 0 Å². The van der Waals surface area contributed by atoms with Gasteiger partial charge in [0, 0.05) is 51.7 Å². The molecule has 0 heterocycles. The van der Waals surface area contributed by atoms with E-state index in [2.05, 4.69) is 21.3 Å². The maximum absolute atomic E-state index is 13.0. The third kappa shape index (κ3) is 56.4. The van der Waals surface area contributed by atoms with Crippen LogP contribution < -0.4 is 21.3 Å².